The zero-order chi connectivity index (χ0) is 21.3. The minimum atomic E-state index is -0.468. The van der Waals surface area contributed by atoms with E-state index >= 15 is 0 Å². The molecule has 0 saturated heterocycles. The Labute approximate surface area is 173 Å². The number of aliphatic hydroxyl groups excluding tert-OH is 1. The fourth-order valence-corrected chi connectivity index (χ4v) is 3.56. The van der Waals surface area contributed by atoms with E-state index in [0.717, 1.165) is 5.56 Å². The van der Waals surface area contributed by atoms with Crippen LogP contribution in [0.4, 0.5) is 11.4 Å². The third-order valence-corrected chi connectivity index (χ3v) is 5.03. The Morgan fingerprint density at radius 1 is 1.30 bits per heavy atom. The molecular formula is C22H19N5O3. The number of hydrogen-bond donors (Lipinski definition) is 2. The number of nitrogens with zero attached hydrogens (tertiary/aromatic N) is 4. The topological polar surface area (TPSA) is 111 Å². The number of aromatic nitrogens is 2. The number of benzene rings is 2. The lowest BCUT2D eigenvalue weighted by Crippen LogP contribution is -2.47. The largest absolute Gasteiger partial charge is 0.392 e. The van der Waals surface area contributed by atoms with Gasteiger partial charge in [-0.25, -0.2) is 0 Å². The molecule has 150 valence electrons. The van der Waals surface area contributed by atoms with Crippen molar-refractivity contribution in [2.45, 2.75) is 26.1 Å². The van der Waals surface area contributed by atoms with Crippen molar-refractivity contribution in [3.63, 3.8) is 0 Å². The number of carbonyl (C=O) groups excluding carboxylic acids is 2. The Morgan fingerprint density at radius 3 is 2.77 bits per heavy atom. The molecule has 2 heterocycles. The molecule has 4 rings (SSSR count). The number of fused-ring (bicyclic) bond motifs is 1. The fourth-order valence-electron chi connectivity index (χ4n) is 3.56. The highest BCUT2D eigenvalue weighted by molar-refractivity contribution is 6.15. The summed E-state index contributed by atoms with van der Waals surface area (Å²) in [4.78, 5) is 27.8. The summed E-state index contributed by atoms with van der Waals surface area (Å²) in [7, 11) is 0. The van der Waals surface area contributed by atoms with Gasteiger partial charge in [-0.2, -0.15) is 10.4 Å². The van der Waals surface area contributed by atoms with Crippen LogP contribution in [0.2, 0.25) is 0 Å². The zero-order valence-corrected chi connectivity index (χ0v) is 16.2. The first-order valence-electron chi connectivity index (χ1n) is 9.42. The maximum atomic E-state index is 13.3. The molecule has 8 nitrogen and oxygen atoms in total. The summed E-state index contributed by atoms with van der Waals surface area (Å²) >= 11 is 0. The van der Waals surface area contributed by atoms with Gasteiger partial charge in [0.25, 0.3) is 11.8 Å². The summed E-state index contributed by atoms with van der Waals surface area (Å²) in [5.41, 5.74) is 2.71. The molecule has 3 aromatic rings. The van der Waals surface area contributed by atoms with Crippen LogP contribution in [-0.2, 0) is 13.2 Å². The quantitative estimate of drug-likeness (QED) is 0.698. The van der Waals surface area contributed by atoms with Crippen molar-refractivity contribution in [2.24, 2.45) is 0 Å². The van der Waals surface area contributed by atoms with Gasteiger partial charge in [-0.1, -0.05) is 18.2 Å². The van der Waals surface area contributed by atoms with Crippen LogP contribution in [0.3, 0.4) is 0 Å². The highest BCUT2D eigenvalue weighted by Crippen LogP contribution is 2.27. The van der Waals surface area contributed by atoms with Crippen LogP contribution < -0.4 is 10.2 Å². The molecule has 30 heavy (non-hydrogen) atoms. The molecule has 2 N–H and O–H groups in total. The van der Waals surface area contributed by atoms with Crippen molar-refractivity contribution in [3.05, 3.63) is 77.1 Å². The second-order valence-electron chi connectivity index (χ2n) is 7.08. The first-order valence-corrected chi connectivity index (χ1v) is 9.42. The number of amides is 2. The third kappa shape index (κ3) is 3.43. The fraction of sp³-hybridized carbons (Fsp3) is 0.182. The molecule has 0 saturated carbocycles. The number of aliphatic hydroxyl groups is 1. The van der Waals surface area contributed by atoms with E-state index in [2.05, 4.69) is 10.4 Å². The first-order chi connectivity index (χ1) is 14.5. The lowest BCUT2D eigenvalue weighted by Gasteiger charge is -2.34. The van der Waals surface area contributed by atoms with Gasteiger partial charge in [0.1, 0.15) is 5.69 Å². The monoisotopic (exact) mass is 401 g/mol. The van der Waals surface area contributed by atoms with Gasteiger partial charge in [0, 0.05) is 11.4 Å². The summed E-state index contributed by atoms with van der Waals surface area (Å²) in [5.74, 6) is -0.788. The molecule has 2 aromatic carbocycles. The van der Waals surface area contributed by atoms with Crippen molar-refractivity contribution in [3.8, 4) is 6.07 Å². The Balaban J connectivity index is 1.65. The van der Waals surface area contributed by atoms with Crippen LogP contribution >= 0.6 is 0 Å². The van der Waals surface area contributed by atoms with Crippen LogP contribution in [-0.4, -0.2) is 32.7 Å². The molecule has 1 aliphatic heterocycles. The van der Waals surface area contributed by atoms with Gasteiger partial charge in [0.2, 0.25) is 0 Å². The molecule has 0 radical (unpaired) electrons. The van der Waals surface area contributed by atoms with Crippen molar-refractivity contribution in [2.75, 3.05) is 10.2 Å². The molecule has 0 aliphatic carbocycles. The third-order valence-electron chi connectivity index (χ3n) is 5.03. The molecule has 8 heteroatoms. The Kier molecular flexibility index (Phi) is 5.04. The summed E-state index contributed by atoms with van der Waals surface area (Å²) < 4.78 is 1.55. The highest BCUT2D eigenvalue weighted by atomic mass is 16.3. The average molecular weight is 401 g/mol. The predicted octanol–water partition coefficient (Wildman–Crippen LogP) is 2.55. The normalized spacial score (nSPS) is 15.4. The second-order valence-corrected chi connectivity index (χ2v) is 7.08. The Bertz CT molecular complexity index is 1160. The molecule has 0 bridgehead atoms. The maximum Gasteiger partial charge on any atom is 0.277 e. The summed E-state index contributed by atoms with van der Waals surface area (Å²) in [6, 6.07) is 15.5. The smallest absolute Gasteiger partial charge is 0.277 e. The number of nitrogens with one attached hydrogen (secondary N) is 1. The molecule has 1 aliphatic rings. The van der Waals surface area contributed by atoms with Crippen LogP contribution in [0.25, 0.3) is 0 Å². The van der Waals surface area contributed by atoms with E-state index in [9.17, 15) is 14.7 Å². The van der Waals surface area contributed by atoms with E-state index in [-0.39, 0.29) is 29.8 Å². The van der Waals surface area contributed by atoms with E-state index in [1.807, 2.05) is 13.0 Å². The predicted molar refractivity (Wildman–Crippen MR) is 110 cm³/mol. The highest BCUT2D eigenvalue weighted by Gasteiger charge is 2.35. The molecule has 0 spiro atoms. The average Bonchev–Trinajstić information content (AvgIpc) is 3.18. The van der Waals surface area contributed by atoms with Crippen molar-refractivity contribution >= 4 is 23.2 Å². The summed E-state index contributed by atoms with van der Waals surface area (Å²) in [5, 5.41) is 25.2. The lowest BCUT2D eigenvalue weighted by molar-refractivity contribution is 0.0933. The number of hydrogen-bond acceptors (Lipinski definition) is 5. The van der Waals surface area contributed by atoms with Crippen LogP contribution in [0.1, 0.15) is 38.9 Å². The van der Waals surface area contributed by atoms with E-state index in [1.54, 1.807) is 58.1 Å². The van der Waals surface area contributed by atoms with Crippen LogP contribution in [0, 0.1) is 11.3 Å². The molecule has 0 fully saturated rings. The van der Waals surface area contributed by atoms with E-state index in [4.69, 9.17) is 5.26 Å². The van der Waals surface area contributed by atoms with Gasteiger partial charge in [0.15, 0.2) is 0 Å². The molecule has 1 aromatic heterocycles. The van der Waals surface area contributed by atoms with Crippen molar-refractivity contribution in [1.82, 2.24) is 9.78 Å². The van der Waals surface area contributed by atoms with Crippen molar-refractivity contribution < 1.29 is 14.7 Å². The van der Waals surface area contributed by atoms with E-state index < -0.39 is 5.91 Å². The van der Waals surface area contributed by atoms with Gasteiger partial charge >= 0.3 is 0 Å². The van der Waals surface area contributed by atoms with Gasteiger partial charge in [-0.15, -0.1) is 0 Å². The standard InChI is InChI=1S/C22H19N5O3/c1-14-12-26-20(22(30)27(14)18-7-5-15(13-28)6-8-18)19(11-24-26)21(29)25-17-4-2-3-16(9-17)10-23/h2-9,11,14,28H,12-13H2,1H3,(H,25,29). The number of carbonyl (C=O) groups is 2. The van der Waals surface area contributed by atoms with Crippen LogP contribution in [0.15, 0.2) is 54.7 Å². The SMILES string of the molecule is CC1Cn2ncc(C(=O)Nc3cccc(C#N)c3)c2C(=O)N1c1ccc(CO)cc1. The van der Waals surface area contributed by atoms with Gasteiger partial charge < -0.3 is 15.3 Å². The van der Waals surface area contributed by atoms with Crippen LogP contribution in [0.5, 0.6) is 0 Å². The number of anilines is 2. The molecule has 1 unspecified atom stereocenters. The van der Waals surface area contributed by atoms with E-state index in [0.29, 0.717) is 23.5 Å². The molecule has 1 atom stereocenters. The van der Waals surface area contributed by atoms with Gasteiger partial charge in [-0.3, -0.25) is 14.3 Å². The molecule has 2 amide bonds. The Hall–Kier alpha value is -3.96. The Morgan fingerprint density at radius 2 is 2.07 bits per heavy atom. The summed E-state index contributed by atoms with van der Waals surface area (Å²) in [6.07, 6.45) is 1.39. The number of nitriles is 1. The zero-order valence-electron chi connectivity index (χ0n) is 16.2. The minimum absolute atomic E-state index is 0.0755. The van der Waals surface area contributed by atoms with Gasteiger partial charge in [-0.05, 0) is 42.8 Å². The lowest BCUT2D eigenvalue weighted by atomic mass is 10.1. The van der Waals surface area contributed by atoms with Gasteiger partial charge in [0.05, 0.1) is 42.6 Å². The minimum Gasteiger partial charge on any atom is -0.392 e. The molecular weight excluding hydrogens is 382 g/mol. The van der Waals surface area contributed by atoms with E-state index in [1.165, 1.54) is 6.20 Å². The summed E-state index contributed by atoms with van der Waals surface area (Å²) in [6.45, 7) is 2.28. The maximum absolute atomic E-state index is 13.3. The second kappa shape index (κ2) is 7.81. The number of rotatable bonds is 4. The van der Waals surface area contributed by atoms with Crippen molar-refractivity contribution in [1.29, 1.82) is 5.26 Å². The first kappa shape index (κ1) is 19.4.